The predicted octanol–water partition coefficient (Wildman–Crippen LogP) is 5.54. The zero-order chi connectivity index (χ0) is 24.0. The first-order chi connectivity index (χ1) is 15.5. The van der Waals surface area contributed by atoms with Crippen molar-refractivity contribution in [3.05, 3.63) is 90.0 Å². The quantitative estimate of drug-likeness (QED) is 0.516. The van der Waals surface area contributed by atoms with Gasteiger partial charge in [0.1, 0.15) is 17.4 Å². The summed E-state index contributed by atoms with van der Waals surface area (Å²) in [6.45, 7) is 1.49. The maximum Gasteiger partial charge on any atom is 0.573 e. The van der Waals surface area contributed by atoms with Gasteiger partial charge in [0.15, 0.2) is 5.72 Å². The number of amides is 2. The highest BCUT2D eigenvalue weighted by atomic mass is 19.4. The van der Waals surface area contributed by atoms with E-state index in [2.05, 4.69) is 4.74 Å². The Labute approximate surface area is 185 Å². The monoisotopic (exact) mass is 464 g/mol. The molecule has 0 bridgehead atoms. The van der Waals surface area contributed by atoms with Crippen LogP contribution in [-0.2, 0) is 5.72 Å². The van der Waals surface area contributed by atoms with Gasteiger partial charge < -0.3 is 9.84 Å². The Morgan fingerprint density at radius 2 is 1.45 bits per heavy atom. The molecule has 10 heteroatoms. The lowest BCUT2D eigenvalue weighted by Gasteiger charge is -2.35. The minimum atomic E-state index is -4.96. The van der Waals surface area contributed by atoms with Gasteiger partial charge in [-0.2, -0.15) is 0 Å². The molecule has 1 aliphatic heterocycles. The maximum absolute atomic E-state index is 13.5. The molecule has 3 aromatic carbocycles. The molecule has 2 amide bonds. The first-order valence-corrected chi connectivity index (χ1v) is 9.74. The summed E-state index contributed by atoms with van der Waals surface area (Å²) >= 11 is 0. The van der Waals surface area contributed by atoms with Crippen molar-refractivity contribution >= 4 is 17.4 Å². The summed E-state index contributed by atoms with van der Waals surface area (Å²) in [5.41, 5.74) is -1.91. The van der Waals surface area contributed by atoms with Crippen LogP contribution in [0, 0.1) is 11.6 Å². The number of nitrogens with zero attached hydrogens (tertiary/aromatic N) is 2. The van der Waals surface area contributed by atoms with Gasteiger partial charge in [-0.1, -0.05) is 12.1 Å². The highest BCUT2D eigenvalue weighted by Gasteiger charge is 2.57. The van der Waals surface area contributed by atoms with E-state index in [1.807, 2.05) is 0 Å². The topological polar surface area (TPSA) is 53.0 Å². The Morgan fingerprint density at radius 1 is 0.909 bits per heavy atom. The second-order valence-corrected chi connectivity index (χ2v) is 7.42. The van der Waals surface area contributed by atoms with Gasteiger partial charge in [-0.05, 0) is 67.6 Å². The molecule has 1 aliphatic rings. The largest absolute Gasteiger partial charge is 0.573 e. The van der Waals surface area contributed by atoms with Crippen LogP contribution in [-0.4, -0.2) is 23.5 Å². The third kappa shape index (κ3) is 4.09. The van der Waals surface area contributed by atoms with Crippen LogP contribution in [0.5, 0.6) is 5.75 Å². The fourth-order valence-corrected chi connectivity index (χ4v) is 3.91. The second kappa shape index (κ2) is 8.04. The summed E-state index contributed by atoms with van der Waals surface area (Å²) in [5, 5.41) is 11.9. The number of hydrogen-bond acceptors (Lipinski definition) is 3. The predicted molar refractivity (Wildman–Crippen MR) is 110 cm³/mol. The van der Waals surface area contributed by atoms with Gasteiger partial charge in [-0.3, -0.25) is 9.80 Å². The zero-order valence-corrected chi connectivity index (χ0v) is 17.1. The van der Waals surface area contributed by atoms with Crippen molar-refractivity contribution in [3.8, 4) is 5.75 Å². The molecular weight excluding hydrogens is 447 g/mol. The molecule has 0 saturated carbocycles. The number of urea groups is 1. The van der Waals surface area contributed by atoms with Crippen molar-refractivity contribution in [1.82, 2.24) is 0 Å². The number of anilines is 2. The molecule has 1 saturated heterocycles. The molecule has 0 aromatic heterocycles. The summed E-state index contributed by atoms with van der Waals surface area (Å²) in [6.07, 6.45) is -4.96. The number of rotatable bonds is 4. The van der Waals surface area contributed by atoms with Crippen LogP contribution in [0.2, 0.25) is 0 Å². The average molecular weight is 464 g/mol. The molecule has 4 rings (SSSR count). The molecule has 5 nitrogen and oxygen atoms in total. The van der Waals surface area contributed by atoms with Crippen LogP contribution < -0.4 is 14.5 Å². The van der Waals surface area contributed by atoms with Crippen molar-refractivity contribution < 1.29 is 36.6 Å². The molecular formula is C23H17F5N2O3. The first kappa shape index (κ1) is 22.5. The van der Waals surface area contributed by atoms with Crippen LogP contribution in [0.15, 0.2) is 72.8 Å². The number of aliphatic hydroxyl groups is 1. The molecule has 0 radical (unpaired) electrons. The Balaban J connectivity index is 1.87. The molecule has 1 heterocycles. The maximum atomic E-state index is 13.5. The van der Waals surface area contributed by atoms with E-state index in [9.17, 15) is 31.9 Å². The molecule has 3 aromatic rings. The van der Waals surface area contributed by atoms with E-state index in [1.54, 1.807) is 0 Å². The lowest BCUT2D eigenvalue weighted by atomic mass is 9.94. The number of ether oxygens (including phenoxy) is 1. The van der Waals surface area contributed by atoms with Gasteiger partial charge >= 0.3 is 12.4 Å². The van der Waals surface area contributed by atoms with Crippen molar-refractivity contribution in [1.29, 1.82) is 0 Å². The van der Waals surface area contributed by atoms with E-state index in [4.69, 9.17) is 0 Å². The Hall–Kier alpha value is -3.66. The minimum Gasteiger partial charge on any atom is -0.406 e. The summed E-state index contributed by atoms with van der Waals surface area (Å²) in [4.78, 5) is 15.6. The van der Waals surface area contributed by atoms with E-state index >= 15 is 0 Å². The van der Waals surface area contributed by atoms with E-state index < -0.39 is 41.5 Å². The van der Waals surface area contributed by atoms with Crippen molar-refractivity contribution in [2.24, 2.45) is 0 Å². The zero-order valence-electron chi connectivity index (χ0n) is 17.1. The molecule has 2 atom stereocenters. The van der Waals surface area contributed by atoms with Crippen molar-refractivity contribution in [3.63, 3.8) is 0 Å². The summed E-state index contributed by atoms with van der Waals surface area (Å²) in [6, 6.07) is 12.4. The average Bonchev–Trinajstić information content (AvgIpc) is 2.95. The third-order valence-corrected chi connectivity index (χ3v) is 5.39. The van der Waals surface area contributed by atoms with E-state index in [1.165, 1.54) is 48.2 Å². The van der Waals surface area contributed by atoms with E-state index in [-0.39, 0.29) is 16.9 Å². The number of carbonyl (C=O) groups excluding carboxylic acids is 1. The first-order valence-electron chi connectivity index (χ1n) is 9.74. The number of carbonyl (C=O) groups is 1. The van der Waals surface area contributed by atoms with Gasteiger partial charge in [0.2, 0.25) is 0 Å². The Bertz CT molecular complexity index is 1170. The molecule has 0 aliphatic carbocycles. The standard InChI is InChI=1S/C23H17F5N2O3/c1-14-22(32,15-3-2-4-20(13-15)33-23(26,27)28)30(19-11-7-17(25)8-12-19)21(31)29(14)18-9-5-16(24)6-10-18/h2-14,32H,1H3. The highest BCUT2D eigenvalue weighted by Crippen LogP contribution is 2.45. The van der Waals surface area contributed by atoms with Gasteiger partial charge in [0.25, 0.3) is 0 Å². The Kier molecular flexibility index (Phi) is 5.49. The van der Waals surface area contributed by atoms with Gasteiger partial charge in [-0.15, -0.1) is 13.2 Å². The van der Waals surface area contributed by atoms with Crippen LogP contribution in [0.4, 0.5) is 38.1 Å². The fourth-order valence-electron chi connectivity index (χ4n) is 3.91. The highest BCUT2D eigenvalue weighted by molar-refractivity contribution is 6.08. The van der Waals surface area contributed by atoms with E-state index in [0.29, 0.717) is 0 Å². The van der Waals surface area contributed by atoms with Crippen LogP contribution in [0.1, 0.15) is 12.5 Å². The van der Waals surface area contributed by atoms with Crippen LogP contribution in [0.25, 0.3) is 0 Å². The van der Waals surface area contributed by atoms with Gasteiger partial charge in [-0.25, -0.2) is 13.6 Å². The number of halogens is 5. The summed E-state index contributed by atoms with van der Waals surface area (Å²) in [7, 11) is 0. The number of hydrogen-bond donors (Lipinski definition) is 1. The molecule has 0 spiro atoms. The van der Waals surface area contributed by atoms with Crippen LogP contribution >= 0.6 is 0 Å². The molecule has 1 fully saturated rings. The second-order valence-electron chi connectivity index (χ2n) is 7.42. The molecule has 172 valence electrons. The lowest BCUT2D eigenvalue weighted by molar-refractivity contribution is -0.274. The number of benzene rings is 3. The van der Waals surface area contributed by atoms with Gasteiger partial charge in [0, 0.05) is 16.9 Å². The minimum absolute atomic E-state index is 0.0703. The molecule has 33 heavy (non-hydrogen) atoms. The molecule has 2 unspecified atom stereocenters. The SMILES string of the molecule is CC1N(c2ccc(F)cc2)C(=O)N(c2ccc(F)cc2)C1(O)c1cccc(OC(F)(F)F)c1. The molecule has 1 N–H and O–H groups in total. The van der Waals surface area contributed by atoms with Crippen molar-refractivity contribution in [2.45, 2.75) is 25.1 Å². The Morgan fingerprint density at radius 3 is 2.00 bits per heavy atom. The smallest absolute Gasteiger partial charge is 0.406 e. The third-order valence-electron chi connectivity index (χ3n) is 5.39. The number of alkyl halides is 3. The summed E-state index contributed by atoms with van der Waals surface area (Å²) in [5.74, 6) is -1.72. The fraction of sp³-hybridized carbons (Fsp3) is 0.174. The lowest BCUT2D eigenvalue weighted by Crippen LogP contribution is -2.48. The van der Waals surface area contributed by atoms with Crippen molar-refractivity contribution in [2.75, 3.05) is 9.80 Å². The summed E-state index contributed by atoms with van der Waals surface area (Å²) < 4.78 is 69.2. The van der Waals surface area contributed by atoms with E-state index in [0.717, 1.165) is 41.3 Å². The normalized spacial score (nSPS) is 20.9. The van der Waals surface area contributed by atoms with Gasteiger partial charge in [0.05, 0.1) is 6.04 Å². The van der Waals surface area contributed by atoms with Crippen LogP contribution in [0.3, 0.4) is 0 Å².